The van der Waals surface area contributed by atoms with Crippen molar-refractivity contribution in [3.63, 3.8) is 0 Å². The molecule has 2 rings (SSSR count). The standard InChI is InChI=1S/C17H23N3O3/c1-13-4-6-14(7-5-13)16(17-18-8-9-20(17)2)19-15(21)12-23-11-10-22-3/h4-9,16H,10-12H2,1-3H3,(H,19,21). The van der Waals surface area contributed by atoms with E-state index in [0.717, 1.165) is 11.4 Å². The Morgan fingerprint density at radius 1 is 1.30 bits per heavy atom. The van der Waals surface area contributed by atoms with Crippen molar-refractivity contribution in [2.75, 3.05) is 26.9 Å². The summed E-state index contributed by atoms with van der Waals surface area (Å²) in [5.74, 6) is 0.591. The summed E-state index contributed by atoms with van der Waals surface area (Å²) < 4.78 is 12.1. The number of nitrogens with zero attached hydrogens (tertiary/aromatic N) is 2. The topological polar surface area (TPSA) is 65.4 Å². The number of carbonyl (C=O) groups excluding carboxylic acids is 1. The molecule has 0 aliphatic carbocycles. The van der Waals surface area contributed by atoms with E-state index < -0.39 is 0 Å². The van der Waals surface area contributed by atoms with Gasteiger partial charge in [-0.2, -0.15) is 0 Å². The molecule has 6 heteroatoms. The van der Waals surface area contributed by atoms with Gasteiger partial charge in [0.05, 0.1) is 13.2 Å². The maximum absolute atomic E-state index is 12.1. The maximum atomic E-state index is 12.1. The van der Waals surface area contributed by atoms with Crippen LogP contribution in [-0.4, -0.2) is 42.4 Å². The van der Waals surface area contributed by atoms with E-state index in [0.29, 0.717) is 13.2 Å². The Morgan fingerprint density at radius 2 is 2.04 bits per heavy atom. The Hall–Kier alpha value is -2.18. The van der Waals surface area contributed by atoms with Gasteiger partial charge in [-0.1, -0.05) is 29.8 Å². The molecule has 6 nitrogen and oxygen atoms in total. The Bertz CT molecular complexity index is 622. The van der Waals surface area contributed by atoms with Gasteiger partial charge in [0.25, 0.3) is 0 Å². The highest BCUT2D eigenvalue weighted by molar-refractivity contribution is 5.78. The molecule has 1 heterocycles. The lowest BCUT2D eigenvalue weighted by Crippen LogP contribution is -2.34. The van der Waals surface area contributed by atoms with E-state index in [2.05, 4.69) is 10.3 Å². The molecular formula is C17H23N3O3. The summed E-state index contributed by atoms with van der Waals surface area (Å²) >= 11 is 0. The molecule has 1 N–H and O–H groups in total. The van der Waals surface area contributed by atoms with Crippen LogP contribution >= 0.6 is 0 Å². The highest BCUT2D eigenvalue weighted by Crippen LogP contribution is 2.20. The van der Waals surface area contributed by atoms with Crippen molar-refractivity contribution < 1.29 is 14.3 Å². The number of rotatable bonds is 8. The van der Waals surface area contributed by atoms with Crippen LogP contribution in [0.15, 0.2) is 36.7 Å². The predicted octanol–water partition coefficient (Wildman–Crippen LogP) is 1.60. The van der Waals surface area contributed by atoms with Crippen LogP contribution in [0.1, 0.15) is 23.0 Å². The van der Waals surface area contributed by atoms with Crippen molar-refractivity contribution >= 4 is 5.91 Å². The van der Waals surface area contributed by atoms with Crippen LogP contribution in [0.25, 0.3) is 0 Å². The van der Waals surface area contributed by atoms with E-state index in [4.69, 9.17) is 9.47 Å². The van der Waals surface area contributed by atoms with Crippen LogP contribution in [-0.2, 0) is 21.3 Å². The fourth-order valence-corrected chi connectivity index (χ4v) is 2.22. The molecule has 1 aromatic heterocycles. The molecule has 0 radical (unpaired) electrons. The lowest BCUT2D eigenvalue weighted by molar-refractivity contribution is -0.126. The van der Waals surface area contributed by atoms with Crippen molar-refractivity contribution in [2.24, 2.45) is 7.05 Å². The van der Waals surface area contributed by atoms with E-state index in [1.54, 1.807) is 13.3 Å². The van der Waals surface area contributed by atoms with Gasteiger partial charge in [0.2, 0.25) is 5.91 Å². The number of methoxy groups -OCH3 is 1. The number of imidazole rings is 1. The number of benzene rings is 1. The molecule has 0 fully saturated rings. The van der Waals surface area contributed by atoms with Crippen molar-refractivity contribution in [1.82, 2.24) is 14.9 Å². The van der Waals surface area contributed by atoms with Crippen LogP contribution in [0.4, 0.5) is 0 Å². The number of amides is 1. The van der Waals surface area contributed by atoms with Crippen LogP contribution in [0.3, 0.4) is 0 Å². The first-order chi connectivity index (χ1) is 11.1. The SMILES string of the molecule is COCCOCC(=O)NC(c1ccc(C)cc1)c1nccn1C. The minimum absolute atomic E-state index is 0.00383. The first kappa shape index (κ1) is 17.2. The summed E-state index contributed by atoms with van der Waals surface area (Å²) in [6, 6.07) is 7.73. The molecule has 1 unspecified atom stereocenters. The van der Waals surface area contributed by atoms with Gasteiger partial charge in [0.15, 0.2) is 0 Å². The Kier molecular flexibility index (Phi) is 6.31. The maximum Gasteiger partial charge on any atom is 0.246 e. The molecular weight excluding hydrogens is 294 g/mol. The molecule has 0 aliphatic heterocycles. The van der Waals surface area contributed by atoms with Gasteiger partial charge in [-0.05, 0) is 12.5 Å². The number of carbonyl (C=O) groups is 1. The monoisotopic (exact) mass is 317 g/mol. The molecule has 124 valence electrons. The summed E-state index contributed by atoms with van der Waals surface area (Å²) in [6.45, 7) is 2.88. The number of aryl methyl sites for hydroxylation is 2. The Morgan fingerprint density at radius 3 is 2.65 bits per heavy atom. The number of aromatic nitrogens is 2. The zero-order valence-corrected chi connectivity index (χ0v) is 13.8. The normalized spacial score (nSPS) is 12.1. The minimum Gasteiger partial charge on any atom is -0.382 e. The number of hydrogen-bond acceptors (Lipinski definition) is 4. The Labute approximate surface area is 136 Å². The van der Waals surface area contributed by atoms with E-state index in [9.17, 15) is 4.79 Å². The first-order valence-corrected chi connectivity index (χ1v) is 7.51. The van der Waals surface area contributed by atoms with E-state index in [-0.39, 0.29) is 18.6 Å². The van der Waals surface area contributed by atoms with Gasteiger partial charge in [0, 0.05) is 26.6 Å². The van der Waals surface area contributed by atoms with Gasteiger partial charge in [-0.15, -0.1) is 0 Å². The van der Waals surface area contributed by atoms with Crippen LogP contribution < -0.4 is 5.32 Å². The Balaban J connectivity index is 2.10. The summed E-state index contributed by atoms with van der Waals surface area (Å²) in [4.78, 5) is 16.5. The predicted molar refractivity (Wildman–Crippen MR) is 87.1 cm³/mol. The highest BCUT2D eigenvalue weighted by Gasteiger charge is 2.20. The van der Waals surface area contributed by atoms with E-state index in [1.165, 1.54) is 5.56 Å². The molecule has 0 saturated heterocycles. The second-order valence-electron chi connectivity index (χ2n) is 5.35. The van der Waals surface area contributed by atoms with Gasteiger partial charge in [0.1, 0.15) is 18.5 Å². The lowest BCUT2D eigenvalue weighted by Gasteiger charge is -2.19. The lowest BCUT2D eigenvalue weighted by atomic mass is 10.0. The summed E-state index contributed by atoms with van der Waals surface area (Å²) in [5, 5.41) is 2.98. The zero-order chi connectivity index (χ0) is 16.7. The molecule has 0 saturated carbocycles. The minimum atomic E-state index is -0.311. The number of hydrogen-bond donors (Lipinski definition) is 1. The van der Waals surface area contributed by atoms with Crippen LogP contribution in [0.5, 0.6) is 0 Å². The smallest absolute Gasteiger partial charge is 0.246 e. The van der Waals surface area contributed by atoms with Crippen LogP contribution in [0.2, 0.25) is 0 Å². The van der Waals surface area contributed by atoms with E-state index in [1.807, 2.05) is 49.0 Å². The fourth-order valence-electron chi connectivity index (χ4n) is 2.22. The summed E-state index contributed by atoms with van der Waals surface area (Å²) in [6.07, 6.45) is 3.58. The first-order valence-electron chi connectivity index (χ1n) is 7.51. The third kappa shape index (κ3) is 4.91. The van der Waals surface area contributed by atoms with Gasteiger partial charge in [-0.3, -0.25) is 4.79 Å². The van der Waals surface area contributed by atoms with Crippen molar-refractivity contribution in [2.45, 2.75) is 13.0 Å². The third-order valence-corrected chi connectivity index (χ3v) is 3.50. The molecule has 0 bridgehead atoms. The average Bonchev–Trinajstić information content (AvgIpc) is 2.96. The van der Waals surface area contributed by atoms with Gasteiger partial charge >= 0.3 is 0 Å². The molecule has 1 amide bonds. The summed E-state index contributed by atoms with van der Waals surface area (Å²) in [7, 11) is 3.50. The van der Waals surface area contributed by atoms with Crippen molar-refractivity contribution in [1.29, 1.82) is 0 Å². The van der Waals surface area contributed by atoms with Gasteiger partial charge in [-0.25, -0.2) is 4.98 Å². The second-order valence-corrected chi connectivity index (χ2v) is 5.35. The third-order valence-electron chi connectivity index (χ3n) is 3.50. The van der Waals surface area contributed by atoms with E-state index >= 15 is 0 Å². The van der Waals surface area contributed by atoms with Gasteiger partial charge < -0.3 is 19.4 Å². The quantitative estimate of drug-likeness (QED) is 0.751. The molecule has 1 aromatic carbocycles. The number of ether oxygens (including phenoxy) is 2. The van der Waals surface area contributed by atoms with Crippen LogP contribution in [0, 0.1) is 6.92 Å². The highest BCUT2D eigenvalue weighted by atomic mass is 16.5. The fraction of sp³-hybridized carbons (Fsp3) is 0.412. The zero-order valence-electron chi connectivity index (χ0n) is 13.8. The molecule has 0 spiro atoms. The van der Waals surface area contributed by atoms with Crippen molar-refractivity contribution in [3.05, 3.63) is 53.6 Å². The number of nitrogens with one attached hydrogen (secondary N) is 1. The largest absolute Gasteiger partial charge is 0.382 e. The molecule has 2 aromatic rings. The molecule has 1 atom stereocenters. The molecule has 23 heavy (non-hydrogen) atoms. The molecule has 0 aliphatic rings. The second kappa shape index (κ2) is 8.45. The summed E-state index contributed by atoms with van der Waals surface area (Å²) in [5.41, 5.74) is 2.15. The van der Waals surface area contributed by atoms with Crippen molar-refractivity contribution in [3.8, 4) is 0 Å². The average molecular weight is 317 g/mol.